The summed E-state index contributed by atoms with van der Waals surface area (Å²) in [4.78, 5) is 130. The topological polar surface area (TPSA) is 315 Å². The molecule has 0 unspecified atom stereocenters. The van der Waals surface area contributed by atoms with E-state index in [-0.39, 0.29) is 112 Å². The molecule has 138 heavy (non-hydrogen) atoms. The Hall–Kier alpha value is -9.27. The van der Waals surface area contributed by atoms with Crippen molar-refractivity contribution < 1.29 is 38.2 Å². The van der Waals surface area contributed by atoms with E-state index in [2.05, 4.69) is 94.8 Å². The number of aromatic nitrogens is 8. The van der Waals surface area contributed by atoms with Crippen LogP contribution in [0.5, 0.6) is 23.0 Å². The van der Waals surface area contributed by atoms with Crippen LogP contribution in [0.2, 0.25) is 76.4 Å². The SMILES string of the molecule is CC(C)n1c(C=Cc2csc(Br)c2)nc(C(=O)NCc2cc(Cl)cc(Cl)c2)c(O[Si](C)(C)C(C)(C)C)c1=O.Cc1cc(C=Cc2nc(C(=O)NCc3cc(Cl)cc(Cl)c3)c(O[Si](C)(C)C(C)(C)C)c(=O)n2C(C)C)cs1.Cc1ccc(C=Cc2nc(C(=O)NCc3cc(Cl)cc(Cl)c3)c(O)c(=O)n2C(C)C)s1.Cc1ccc(CCc2nc(C(=O)NCc3cc(Cl)cc(Cl)c3)c(O)c(=O)n2C(C)C)s1. The minimum atomic E-state index is -2.49. The monoisotopic (exact) mass is 2200 g/mol. The summed E-state index contributed by atoms with van der Waals surface area (Å²) in [5.41, 5.74) is 2.00. The standard InChI is InChI=1S/C28H35Cl2N3O3SSi.C27H32BrCl2N3O3SSi.C22H23Cl2N3O3S.C22H21Cl2N3O3S/c1-17(2)33-23(10-9-19-11-18(3)37-16-19)32-24(25(27(33)35)36-38(7,8)28(4,5)6)26(34)31-15-20-12-21(29)14-22(30)13-20;1-16(2)33-22(9-8-17-12-21(28)37-15-17)32-23(24(26(33)35)36-38(6,7)27(3,4)5)25(34)31-14-18-10-19(29)13-20(30)11-18;2*1-12(2)27-18(7-6-17-5-4-13(3)31-17)26-19(20(28)22(27)30)21(29)25-11-14-8-15(23)10-16(24)9-14/h9-14,16-17H,15H2,1-8H3,(H,31,34);8-13,15-16H,14H2,1-7H3,(H,31,34);4-5,8-10,12,28H,6-7,11H2,1-3H3,(H,25,29);4-10,12,28H,11H2,1-3H3,(H,25,29). The van der Waals surface area contributed by atoms with E-state index in [1.54, 1.807) is 159 Å². The molecule has 0 bridgehead atoms. The van der Waals surface area contributed by atoms with Gasteiger partial charge in [0.25, 0.3) is 62.5 Å². The van der Waals surface area contributed by atoms with E-state index >= 15 is 0 Å². The van der Waals surface area contributed by atoms with E-state index in [0.717, 1.165) is 35.8 Å². The lowest BCUT2D eigenvalue weighted by molar-refractivity contribution is 0.0933. The van der Waals surface area contributed by atoms with Gasteiger partial charge in [-0.15, -0.1) is 45.3 Å². The molecule has 0 atom stereocenters. The molecule has 12 rings (SSSR count). The summed E-state index contributed by atoms with van der Waals surface area (Å²) in [5.74, 6) is -2.27. The van der Waals surface area contributed by atoms with E-state index in [0.29, 0.717) is 81.6 Å². The number of rotatable bonds is 29. The molecule has 0 spiro atoms. The predicted octanol–water partition coefficient (Wildman–Crippen LogP) is 26.7. The number of carbonyl (C=O) groups is 4. The number of hydrogen-bond donors (Lipinski definition) is 6. The van der Waals surface area contributed by atoms with Crippen LogP contribution in [0.3, 0.4) is 0 Å². The number of carbonyl (C=O) groups excluding carboxylic acids is 4. The van der Waals surface area contributed by atoms with Crippen molar-refractivity contribution in [3.8, 4) is 23.0 Å². The third-order valence-corrected chi connectivity index (χ3v) is 36.8. The molecule has 0 saturated heterocycles. The Kier molecular flexibility index (Phi) is 39.8. The minimum Gasteiger partial charge on any atom is -0.538 e. The van der Waals surface area contributed by atoms with Gasteiger partial charge in [0.1, 0.15) is 23.3 Å². The van der Waals surface area contributed by atoms with Gasteiger partial charge in [-0.3, -0.25) is 56.6 Å². The molecule has 39 heteroatoms. The second-order valence-corrected chi connectivity index (χ2v) is 55.5. The number of amides is 4. The maximum atomic E-state index is 13.9. The molecule has 6 N–H and O–H groups in total. The molecule has 0 aliphatic carbocycles. The smallest absolute Gasteiger partial charge is 0.297 e. The molecule has 12 aromatic rings. The van der Waals surface area contributed by atoms with E-state index in [1.807, 2.05) is 148 Å². The number of aryl methyl sites for hydroxylation is 5. The fourth-order valence-corrected chi connectivity index (χ4v) is 20.9. The third kappa shape index (κ3) is 30.9. The van der Waals surface area contributed by atoms with Crippen molar-refractivity contribution in [3.05, 3.63) is 309 Å². The van der Waals surface area contributed by atoms with E-state index in [1.165, 1.54) is 23.8 Å². The van der Waals surface area contributed by atoms with Gasteiger partial charge in [-0.1, -0.05) is 147 Å². The second kappa shape index (κ2) is 48.9. The minimum absolute atomic E-state index is 0.0181. The molecule has 0 aliphatic heterocycles. The van der Waals surface area contributed by atoms with E-state index in [9.17, 15) is 48.6 Å². The van der Waals surface area contributed by atoms with Crippen molar-refractivity contribution in [1.82, 2.24) is 59.5 Å². The number of hydrogen-bond acceptors (Lipinski definition) is 20. The first-order valence-corrected chi connectivity index (χ1v) is 56.8. The number of nitrogens with zero attached hydrogens (tertiary/aromatic N) is 8. The molecule has 8 heterocycles. The highest BCUT2D eigenvalue weighted by Gasteiger charge is 2.43. The van der Waals surface area contributed by atoms with Gasteiger partial charge in [0.2, 0.25) is 23.0 Å². The van der Waals surface area contributed by atoms with Crippen LogP contribution in [0.1, 0.15) is 244 Å². The van der Waals surface area contributed by atoms with Gasteiger partial charge in [0, 0.05) is 121 Å². The predicted molar refractivity (Wildman–Crippen MR) is 578 cm³/mol. The highest BCUT2D eigenvalue weighted by Crippen LogP contribution is 2.40. The lowest BCUT2D eigenvalue weighted by Crippen LogP contribution is -2.46. The van der Waals surface area contributed by atoms with Crippen molar-refractivity contribution in [3.63, 3.8) is 0 Å². The maximum Gasteiger partial charge on any atom is 0.297 e. The third-order valence-electron chi connectivity index (χ3n) is 22.0. The average Bonchev–Trinajstić information content (AvgIpc) is 1.43. The molecule has 24 nitrogen and oxygen atoms in total. The van der Waals surface area contributed by atoms with Crippen LogP contribution in [0.4, 0.5) is 0 Å². The van der Waals surface area contributed by atoms with E-state index in [4.69, 9.17) is 112 Å². The van der Waals surface area contributed by atoms with Crippen LogP contribution < -0.4 is 52.4 Å². The number of thiophene rings is 4. The lowest BCUT2D eigenvalue weighted by Gasteiger charge is -2.36. The molecule has 0 saturated carbocycles. The van der Waals surface area contributed by atoms with Crippen molar-refractivity contribution in [2.45, 2.75) is 217 Å². The largest absolute Gasteiger partial charge is 0.538 e. The van der Waals surface area contributed by atoms with Gasteiger partial charge in [-0.2, -0.15) is 0 Å². The van der Waals surface area contributed by atoms with Gasteiger partial charge in [0.05, 0.1) is 3.79 Å². The maximum absolute atomic E-state index is 13.9. The van der Waals surface area contributed by atoms with Crippen LogP contribution in [0.25, 0.3) is 36.5 Å². The number of halogens is 9. The summed E-state index contributed by atoms with van der Waals surface area (Å²) in [6, 6.07) is 31.2. The first-order valence-electron chi connectivity index (χ1n) is 43.8. The van der Waals surface area contributed by atoms with Crippen molar-refractivity contribution in [2.24, 2.45) is 0 Å². The molecule has 0 radical (unpaired) electrons. The molecule has 8 aromatic heterocycles. The van der Waals surface area contributed by atoms with Crippen LogP contribution in [-0.4, -0.2) is 88.7 Å². The Balaban J connectivity index is 0.000000207. The lowest BCUT2D eigenvalue weighted by atomic mass is 10.2. The molecule has 734 valence electrons. The van der Waals surface area contributed by atoms with Gasteiger partial charge >= 0.3 is 0 Å². The normalized spacial score (nSPS) is 11.9. The highest BCUT2D eigenvalue weighted by atomic mass is 79.9. The number of benzene rings is 4. The Morgan fingerprint density at radius 1 is 0.406 bits per heavy atom. The summed E-state index contributed by atoms with van der Waals surface area (Å²) in [6.07, 6.45) is 11.9. The summed E-state index contributed by atoms with van der Waals surface area (Å²) >= 11 is 58.4. The first-order chi connectivity index (χ1) is 64.5. The van der Waals surface area contributed by atoms with Crippen molar-refractivity contribution in [2.75, 3.05) is 0 Å². The molecular weight excluding hydrogens is 2100 g/mol. The van der Waals surface area contributed by atoms with Gasteiger partial charge < -0.3 is 40.3 Å². The molecule has 4 amide bonds. The van der Waals surface area contributed by atoms with E-state index < -0.39 is 62.9 Å². The van der Waals surface area contributed by atoms with Gasteiger partial charge in [-0.05, 0) is 312 Å². The van der Waals surface area contributed by atoms with Gasteiger partial charge in [-0.25, -0.2) is 19.9 Å². The zero-order valence-electron chi connectivity index (χ0n) is 80.2. The fourth-order valence-electron chi connectivity index (χ4n) is 13.1. The average molecular weight is 2210 g/mol. The molecule has 0 fully saturated rings. The van der Waals surface area contributed by atoms with Crippen LogP contribution >= 0.6 is 154 Å². The Morgan fingerprint density at radius 3 is 1.04 bits per heavy atom. The van der Waals surface area contributed by atoms with Crippen molar-refractivity contribution >= 4 is 231 Å². The second-order valence-electron chi connectivity index (χ2n) is 36.5. The summed E-state index contributed by atoms with van der Waals surface area (Å²) in [7, 11) is -4.97. The Bertz CT molecular complexity index is 6550. The summed E-state index contributed by atoms with van der Waals surface area (Å²) in [6.45, 7) is 42.1. The first kappa shape index (κ1) is 112. The molecule has 4 aromatic carbocycles. The quantitative estimate of drug-likeness (QED) is 0.0237. The summed E-state index contributed by atoms with van der Waals surface area (Å²) in [5, 5.41) is 39.1. The highest BCUT2D eigenvalue weighted by molar-refractivity contribution is 9.11. The summed E-state index contributed by atoms with van der Waals surface area (Å²) < 4.78 is 19.8. The number of aromatic hydroxyl groups is 2. The zero-order valence-corrected chi connectivity index (χ0v) is 93.1. The number of nitrogens with one attached hydrogen (secondary N) is 4. The van der Waals surface area contributed by atoms with Crippen LogP contribution in [0, 0.1) is 20.8 Å². The molecule has 0 aliphatic rings. The zero-order chi connectivity index (χ0) is 102. The Labute approximate surface area is 869 Å². The van der Waals surface area contributed by atoms with Gasteiger partial charge in [0.15, 0.2) is 22.8 Å². The fraction of sp³-hybridized carbons (Fsp3) is 0.333. The van der Waals surface area contributed by atoms with Crippen LogP contribution in [0.15, 0.2) is 143 Å². The molecular formula is C99H111BrCl8N12O12S4Si2. The van der Waals surface area contributed by atoms with Crippen molar-refractivity contribution in [1.29, 1.82) is 0 Å². The van der Waals surface area contributed by atoms with Crippen LogP contribution in [-0.2, 0) is 39.0 Å². The Morgan fingerprint density at radius 2 is 0.725 bits per heavy atom.